The maximum absolute atomic E-state index is 9.15. The van der Waals surface area contributed by atoms with Gasteiger partial charge in [0.1, 0.15) is 11.8 Å². The summed E-state index contributed by atoms with van der Waals surface area (Å²) in [7, 11) is 1.63. The third-order valence-electron chi connectivity index (χ3n) is 2.87. The van der Waals surface area contributed by atoms with Crippen molar-refractivity contribution in [2.24, 2.45) is 0 Å². The number of hydrogen-bond acceptors (Lipinski definition) is 4. The number of methoxy groups -OCH3 is 1. The van der Waals surface area contributed by atoms with E-state index in [1.165, 1.54) is 0 Å². The standard InChI is InChI=1S/C13H16N2O2/c1-16-11-5-2-4-10(8-11)15-12(9-14)13-6-3-7-17-13/h2,4-5,8,12-13,15H,3,6-7H2,1H3. The molecule has 1 aromatic rings. The van der Waals surface area contributed by atoms with Crippen LogP contribution in [-0.4, -0.2) is 25.9 Å². The van der Waals surface area contributed by atoms with Crippen LogP contribution in [0.5, 0.6) is 5.75 Å². The van der Waals surface area contributed by atoms with Crippen LogP contribution >= 0.6 is 0 Å². The molecule has 4 nitrogen and oxygen atoms in total. The first kappa shape index (κ1) is 11.7. The molecule has 2 rings (SSSR count). The quantitative estimate of drug-likeness (QED) is 0.864. The Kier molecular flexibility index (Phi) is 3.84. The van der Waals surface area contributed by atoms with E-state index in [9.17, 15) is 0 Å². The topological polar surface area (TPSA) is 54.3 Å². The first-order chi connectivity index (χ1) is 8.33. The molecule has 1 aliphatic rings. The summed E-state index contributed by atoms with van der Waals surface area (Å²) in [6.07, 6.45) is 1.96. The Labute approximate surface area is 101 Å². The van der Waals surface area contributed by atoms with Crippen molar-refractivity contribution in [2.45, 2.75) is 25.0 Å². The van der Waals surface area contributed by atoms with Crippen LogP contribution in [0.4, 0.5) is 5.69 Å². The van der Waals surface area contributed by atoms with Gasteiger partial charge in [0, 0.05) is 18.4 Å². The van der Waals surface area contributed by atoms with Gasteiger partial charge in [-0.25, -0.2) is 0 Å². The number of nitriles is 1. The number of nitrogens with one attached hydrogen (secondary N) is 1. The van der Waals surface area contributed by atoms with Crippen LogP contribution in [0.1, 0.15) is 12.8 Å². The van der Waals surface area contributed by atoms with Gasteiger partial charge in [0.25, 0.3) is 0 Å². The highest BCUT2D eigenvalue weighted by atomic mass is 16.5. The van der Waals surface area contributed by atoms with Gasteiger partial charge >= 0.3 is 0 Å². The highest BCUT2D eigenvalue weighted by Crippen LogP contribution is 2.21. The number of ether oxygens (including phenoxy) is 2. The van der Waals surface area contributed by atoms with E-state index in [0.717, 1.165) is 30.9 Å². The molecule has 0 amide bonds. The minimum atomic E-state index is -0.301. The van der Waals surface area contributed by atoms with Crippen LogP contribution in [0.25, 0.3) is 0 Å². The Morgan fingerprint density at radius 1 is 1.59 bits per heavy atom. The van der Waals surface area contributed by atoms with E-state index in [-0.39, 0.29) is 12.1 Å². The molecule has 1 aromatic carbocycles. The van der Waals surface area contributed by atoms with Crippen molar-refractivity contribution in [3.63, 3.8) is 0 Å². The van der Waals surface area contributed by atoms with Crippen molar-refractivity contribution < 1.29 is 9.47 Å². The van der Waals surface area contributed by atoms with E-state index < -0.39 is 0 Å². The Bertz CT molecular complexity index is 408. The molecule has 2 unspecified atom stereocenters. The fraction of sp³-hybridized carbons (Fsp3) is 0.462. The van der Waals surface area contributed by atoms with Crippen LogP contribution in [0.3, 0.4) is 0 Å². The minimum absolute atomic E-state index is 0.00815. The van der Waals surface area contributed by atoms with E-state index in [4.69, 9.17) is 14.7 Å². The lowest BCUT2D eigenvalue weighted by Gasteiger charge is -2.18. The second-order valence-electron chi connectivity index (χ2n) is 4.03. The van der Waals surface area contributed by atoms with Crippen LogP contribution in [0.15, 0.2) is 24.3 Å². The fourth-order valence-corrected chi connectivity index (χ4v) is 1.97. The highest BCUT2D eigenvalue weighted by molar-refractivity contribution is 5.50. The molecule has 0 spiro atoms. The van der Waals surface area contributed by atoms with Crippen LogP contribution < -0.4 is 10.1 Å². The molecule has 1 N–H and O–H groups in total. The minimum Gasteiger partial charge on any atom is -0.497 e. The molecule has 17 heavy (non-hydrogen) atoms. The molecule has 90 valence electrons. The Hall–Kier alpha value is -1.73. The van der Waals surface area contributed by atoms with Crippen molar-refractivity contribution in [1.82, 2.24) is 0 Å². The molecule has 1 aliphatic heterocycles. The maximum atomic E-state index is 9.15. The first-order valence-electron chi connectivity index (χ1n) is 5.75. The average molecular weight is 232 g/mol. The van der Waals surface area contributed by atoms with Crippen molar-refractivity contribution in [2.75, 3.05) is 19.0 Å². The highest BCUT2D eigenvalue weighted by Gasteiger charge is 2.25. The summed E-state index contributed by atoms with van der Waals surface area (Å²) in [4.78, 5) is 0. The molecule has 1 heterocycles. The largest absolute Gasteiger partial charge is 0.497 e. The molecule has 0 aliphatic carbocycles. The second-order valence-corrected chi connectivity index (χ2v) is 4.03. The van der Waals surface area contributed by atoms with Gasteiger partial charge in [-0.3, -0.25) is 0 Å². The second kappa shape index (κ2) is 5.55. The molecule has 0 saturated carbocycles. The lowest BCUT2D eigenvalue weighted by atomic mass is 10.1. The molecule has 0 bridgehead atoms. The number of nitrogens with zero attached hydrogens (tertiary/aromatic N) is 1. The summed E-state index contributed by atoms with van der Waals surface area (Å²) in [5.74, 6) is 0.777. The average Bonchev–Trinajstić information content (AvgIpc) is 2.90. The zero-order valence-electron chi connectivity index (χ0n) is 9.85. The molecular formula is C13H16N2O2. The molecule has 1 saturated heterocycles. The number of anilines is 1. The third kappa shape index (κ3) is 2.89. The summed E-state index contributed by atoms with van der Waals surface area (Å²) in [5.41, 5.74) is 0.881. The summed E-state index contributed by atoms with van der Waals surface area (Å²) < 4.78 is 10.7. The molecule has 4 heteroatoms. The maximum Gasteiger partial charge on any atom is 0.141 e. The smallest absolute Gasteiger partial charge is 0.141 e. The van der Waals surface area contributed by atoms with Crippen LogP contribution in [0, 0.1) is 11.3 Å². The van der Waals surface area contributed by atoms with Crippen molar-refractivity contribution in [3.8, 4) is 11.8 Å². The van der Waals surface area contributed by atoms with Gasteiger partial charge in [-0.1, -0.05) is 6.07 Å². The van der Waals surface area contributed by atoms with Gasteiger partial charge in [-0.2, -0.15) is 5.26 Å². The van der Waals surface area contributed by atoms with Gasteiger partial charge in [-0.15, -0.1) is 0 Å². The SMILES string of the molecule is COc1cccc(NC(C#N)C2CCCO2)c1. The van der Waals surface area contributed by atoms with Crippen molar-refractivity contribution in [1.29, 1.82) is 5.26 Å². The predicted octanol–water partition coefficient (Wildman–Crippen LogP) is 2.18. The lowest BCUT2D eigenvalue weighted by molar-refractivity contribution is 0.107. The van der Waals surface area contributed by atoms with Gasteiger partial charge in [0.15, 0.2) is 0 Å². The molecular weight excluding hydrogens is 216 g/mol. The molecule has 0 radical (unpaired) electrons. The van der Waals surface area contributed by atoms with Crippen LogP contribution in [0.2, 0.25) is 0 Å². The van der Waals surface area contributed by atoms with Crippen molar-refractivity contribution >= 4 is 5.69 Å². The Morgan fingerprint density at radius 3 is 3.12 bits per heavy atom. The van der Waals surface area contributed by atoms with E-state index in [1.807, 2.05) is 24.3 Å². The van der Waals surface area contributed by atoms with Gasteiger partial charge in [-0.05, 0) is 25.0 Å². The zero-order chi connectivity index (χ0) is 12.1. The fourth-order valence-electron chi connectivity index (χ4n) is 1.97. The summed E-state index contributed by atoms with van der Waals surface area (Å²) in [6, 6.07) is 9.51. The zero-order valence-corrected chi connectivity index (χ0v) is 9.85. The monoisotopic (exact) mass is 232 g/mol. The molecule has 1 fully saturated rings. The van der Waals surface area contributed by atoms with E-state index in [0.29, 0.717) is 0 Å². The van der Waals surface area contributed by atoms with Crippen LogP contribution in [-0.2, 0) is 4.74 Å². The van der Waals surface area contributed by atoms with E-state index >= 15 is 0 Å². The van der Waals surface area contributed by atoms with E-state index in [2.05, 4.69) is 11.4 Å². The first-order valence-corrected chi connectivity index (χ1v) is 5.75. The normalized spacial score (nSPS) is 20.6. The number of benzene rings is 1. The van der Waals surface area contributed by atoms with E-state index in [1.54, 1.807) is 7.11 Å². The number of rotatable bonds is 4. The summed E-state index contributed by atoms with van der Waals surface area (Å²) >= 11 is 0. The van der Waals surface area contributed by atoms with Gasteiger partial charge in [0.2, 0.25) is 0 Å². The predicted molar refractivity (Wildman–Crippen MR) is 65.0 cm³/mol. The lowest BCUT2D eigenvalue weighted by Crippen LogP contribution is -2.31. The molecule has 2 atom stereocenters. The Morgan fingerprint density at radius 2 is 2.47 bits per heavy atom. The summed E-state index contributed by atoms with van der Waals surface area (Å²) in [6.45, 7) is 0.753. The van der Waals surface area contributed by atoms with Crippen molar-refractivity contribution in [3.05, 3.63) is 24.3 Å². The molecule has 0 aromatic heterocycles. The third-order valence-corrected chi connectivity index (χ3v) is 2.87. The summed E-state index contributed by atoms with van der Waals surface area (Å²) in [5, 5.41) is 12.3. The number of hydrogen-bond donors (Lipinski definition) is 1. The van der Waals surface area contributed by atoms with Gasteiger partial charge < -0.3 is 14.8 Å². The Balaban J connectivity index is 2.04. The van der Waals surface area contributed by atoms with Gasteiger partial charge in [0.05, 0.1) is 19.3 Å².